The Bertz CT molecular complexity index is 78.5. The molecule has 1 unspecified atom stereocenters. The molecule has 3 nitrogen and oxygen atoms in total. The lowest BCUT2D eigenvalue weighted by Crippen LogP contribution is -2.17. The maximum absolute atomic E-state index is 5.29. The zero-order chi connectivity index (χ0) is 8.53. The van der Waals surface area contributed by atoms with Crippen LogP contribution in [0, 0.1) is 0 Å². The number of ether oxygens (including phenoxy) is 2. The van der Waals surface area contributed by atoms with Crippen LogP contribution in [-0.2, 0) is 9.47 Å². The third kappa shape index (κ3) is 6.28. The van der Waals surface area contributed by atoms with Gasteiger partial charge in [-0.3, -0.25) is 0 Å². The van der Waals surface area contributed by atoms with Crippen LogP contribution < -0.4 is 5.32 Å². The van der Waals surface area contributed by atoms with Crippen molar-refractivity contribution in [1.82, 2.24) is 5.32 Å². The molecule has 0 saturated heterocycles. The van der Waals surface area contributed by atoms with Crippen LogP contribution in [0.1, 0.15) is 19.8 Å². The second-order valence-electron chi connectivity index (χ2n) is 2.37. The van der Waals surface area contributed by atoms with Crippen molar-refractivity contribution in [3.63, 3.8) is 0 Å². The predicted molar refractivity (Wildman–Crippen MR) is 45.6 cm³/mol. The number of rotatable bonds is 7. The predicted octanol–water partition coefficient (Wildman–Crippen LogP) is 0.995. The second-order valence-corrected chi connectivity index (χ2v) is 2.37. The second kappa shape index (κ2) is 7.98. The molecule has 1 atom stereocenters. The smallest absolute Gasteiger partial charge is 0.157 e. The molecule has 0 fully saturated rings. The molecule has 0 aromatic carbocycles. The van der Waals surface area contributed by atoms with Crippen LogP contribution in [0.2, 0.25) is 0 Å². The first-order valence-corrected chi connectivity index (χ1v) is 4.14. The Morgan fingerprint density at radius 1 is 1.45 bits per heavy atom. The molecule has 0 rings (SSSR count). The standard InChI is InChI=1S/C8H19NO2/c1-4-11-8(10-3)6-5-7-9-2/h8-9H,4-7H2,1-3H3. The van der Waals surface area contributed by atoms with Gasteiger partial charge in [0.25, 0.3) is 0 Å². The van der Waals surface area contributed by atoms with Gasteiger partial charge < -0.3 is 14.8 Å². The van der Waals surface area contributed by atoms with Gasteiger partial charge in [-0.05, 0) is 33.4 Å². The van der Waals surface area contributed by atoms with Gasteiger partial charge in [0.05, 0.1) is 0 Å². The highest BCUT2D eigenvalue weighted by atomic mass is 16.7. The summed E-state index contributed by atoms with van der Waals surface area (Å²) in [7, 11) is 3.63. The van der Waals surface area contributed by atoms with E-state index in [1.807, 2.05) is 14.0 Å². The maximum Gasteiger partial charge on any atom is 0.157 e. The summed E-state index contributed by atoms with van der Waals surface area (Å²) in [6.45, 7) is 3.72. The van der Waals surface area contributed by atoms with Gasteiger partial charge in [-0.15, -0.1) is 0 Å². The van der Waals surface area contributed by atoms with E-state index >= 15 is 0 Å². The molecule has 3 heteroatoms. The van der Waals surface area contributed by atoms with Gasteiger partial charge >= 0.3 is 0 Å². The molecule has 0 aromatic heterocycles. The van der Waals surface area contributed by atoms with Crippen LogP contribution in [0.5, 0.6) is 0 Å². The van der Waals surface area contributed by atoms with Gasteiger partial charge in [0.15, 0.2) is 6.29 Å². The molecule has 0 heterocycles. The molecule has 0 aromatic rings. The summed E-state index contributed by atoms with van der Waals surface area (Å²) in [5, 5.41) is 3.08. The molecule has 0 aliphatic carbocycles. The zero-order valence-electron chi connectivity index (χ0n) is 7.72. The van der Waals surface area contributed by atoms with E-state index in [-0.39, 0.29) is 6.29 Å². The zero-order valence-corrected chi connectivity index (χ0v) is 7.72. The van der Waals surface area contributed by atoms with Crippen LogP contribution >= 0.6 is 0 Å². The molecule has 0 radical (unpaired) electrons. The first kappa shape index (κ1) is 10.9. The van der Waals surface area contributed by atoms with Crippen molar-refractivity contribution in [3.8, 4) is 0 Å². The van der Waals surface area contributed by atoms with Gasteiger partial charge in [-0.2, -0.15) is 0 Å². The first-order chi connectivity index (χ1) is 5.35. The van der Waals surface area contributed by atoms with Crippen molar-refractivity contribution in [2.24, 2.45) is 0 Å². The summed E-state index contributed by atoms with van der Waals surface area (Å²) in [6, 6.07) is 0. The Balaban J connectivity index is 3.20. The quantitative estimate of drug-likeness (QED) is 0.446. The van der Waals surface area contributed by atoms with Crippen LogP contribution in [0.15, 0.2) is 0 Å². The molecular weight excluding hydrogens is 142 g/mol. The average Bonchev–Trinajstić information content (AvgIpc) is 2.03. The molecule has 0 saturated carbocycles. The third-order valence-corrected chi connectivity index (χ3v) is 1.48. The topological polar surface area (TPSA) is 30.5 Å². The van der Waals surface area contributed by atoms with Gasteiger partial charge in [-0.1, -0.05) is 0 Å². The Labute approximate surface area is 69.1 Å². The molecule has 0 spiro atoms. The van der Waals surface area contributed by atoms with Crippen molar-refractivity contribution in [1.29, 1.82) is 0 Å². The average molecular weight is 161 g/mol. The lowest BCUT2D eigenvalue weighted by Gasteiger charge is -2.14. The Morgan fingerprint density at radius 2 is 2.18 bits per heavy atom. The van der Waals surface area contributed by atoms with Gasteiger partial charge in [0.2, 0.25) is 0 Å². The fourth-order valence-corrected chi connectivity index (χ4v) is 0.901. The van der Waals surface area contributed by atoms with E-state index in [1.54, 1.807) is 7.11 Å². The van der Waals surface area contributed by atoms with Crippen molar-refractivity contribution < 1.29 is 9.47 Å². The minimum atomic E-state index is -0.0200. The Hall–Kier alpha value is -0.120. The third-order valence-electron chi connectivity index (χ3n) is 1.48. The lowest BCUT2D eigenvalue weighted by atomic mass is 10.3. The fourth-order valence-electron chi connectivity index (χ4n) is 0.901. The largest absolute Gasteiger partial charge is 0.356 e. The normalized spacial score (nSPS) is 13.4. The maximum atomic E-state index is 5.29. The highest BCUT2D eigenvalue weighted by Crippen LogP contribution is 2.01. The molecule has 0 aliphatic heterocycles. The molecule has 0 amide bonds. The van der Waals surface area contributed by atoms with E-state index in [9.17, 15) is 0 Å². The minimum Gasteiger partial charge on any atom is -0.356 e. The van der Waals surface area contributed by atoms with Crippen LogP contribution in [0.4, 0.5) is 0 Å². The summed E-state index contributed by atoms with van der Waals surface area (Å²) in [6.07, 6.45) is 2.04. The summed E-state index contributed by atoms with van der Waals surface area (Å²) in [5.74, 6) is 0. The van der Waals surface area contributed by atoms with Gasteiger partial charge in [-0.25, -0.2) is 0 Å². The molecule has 0 bridgehead atoms. The van der Waals surface area contributed by atoms with Crippen molar-refractivity contribution in [2.75, 3.05) is 27.3 Å². The molecule has 0 aliphatic rings. The van der Waals surface area contributed by atoms with Crippen molar-refractivity contribution >= 4 is 0 Å². The van der Waals surface area contributed by atoms with E-state index in [0.29, 0.717) is 0 Å². The monoisotopic (exact) mass is 161 g/mol. The SMILES string of the molecule is CCOC(CCCNC)OC. The molecular formula is C8H19NO2. The van der Waals surface area contributed by atoms with Crippen molar-refractivity contribution in [3.05, 3.63) is 0 Å². The summed E-state index contributed by atoms with van der Waals surface area (Å²) in [4.78, 5) is 0. The molecule has 11 heavy (non-hydrogen) atoms. The van der Waals surface area contributed by atoms with E-state index in [0.717, 1.165) is 26.0 Å². The van der Waals surface area contributed by atoms with E-state index < -0.39 is 0 Å². The Kier molecular flexibility index (Phi) is 7.89. The van der Waals surface area contributed by atoms with Crippen molar-refractivity contribution in [2.45, 2.75) is 26.1 Å². The Morgan fingerprint density at radius 3 is 2.64 bits per heavy atom. The number of hydrogen-bond donors (Lipinski definition) is 1. The fraction of sp³-hybridized carbons (Fsp3) is 1.00. The van der Waals surface area contributed by atoms with Crippen LogP contribution in [0.25, 0.3) is 0 Å². The van der Waals surface area contributed by atoms with Gasteiger partial charge in [0.1, 0.15) is 0 Å². The van der Waals surface area contributed by atoms with E-state index in [1.165, 1.54) is 0 Å². The van der Waals surface area contributed by atoms with Crippen LogP contribution in [-0.4, -0.2) is 33.6 Å². The van der Waals surface area contributed by atoms with E-state index in [2.05, 4.69) is 5.32 Å². The first-order valence-electron chi connectivity index (χ1n) is 4.14. The van der Waals surface area contributed by atoms with Crippen LogP contribution in [0.3, 0.4) is 0 Å². The molecule has 68 valence electrons. The summed E-state index contributed by atoms with van der Waals surface area (Å²) >= 11 is 0. The van der Waals surface area contributed by atoms with E-state index in [4.69, 9.17) is 9.47 Å². The summed E-state index contributed by atoms with van der Waals surface area (Å²) < 4.78 is 10.4. The number of nitrogens with one attached hydrogen (secondary N) is 1. The minimum absolute atomic E-state index is 0.0200. The highest BCUT2D eigenvalue weighted by molar-refractivity contribution is 4.47. The van der Waals surface area contributed by atoms with Gasteiger partial charge in [0, 0.05) is 13.7 Å². The number of hydrogen-bond acceptors (Lipinski definition) is 3. The number of methoxy groups -OCH3 is 1. The molecule has 1 N–H and O–H groups in total. The summed E-state index contributed by atoms with van der Waals surface area (Å²) in [5.41, 5.74) is 0. The highest BCUT2D eigenvalue weighted by Gasteiger charge is 2.04. The lowest BCUT2D eigenvalue weighted by molar-refractivity contribution is -0.124.